The number of nitrogens with zero attached hydrogens (tertiary/aromatic N) is 4. The van der Waals surface area contributed by atoms with Crippen molar-refractivity contribution in [2.45, 2.75) is 19.4 Å². The number of hydrogen-bond acceptors (Lipinski definition) is 6. The zero-order valence-corrected chi connectivity index (χ0v) is 12.4. The molecule has 9 heteroatoms. The Hall–Kier alpha value is -2.16. The van der Waals surface area contributed by atoms with Crippen LogP contribution >= 0.6 is 11.8 Å². The molecule has 2 heterocycles. The monoisotopic (exact) mass is 309 g/mol. The van der Waals surface area contributed by atoms with Gasteiger partial charge in [0.25, 0.3) is 11.7 Å². The van der Waals surface area contributed by atoms with E-state index in [1.54, 1.807) is 12.3 Å². The fourth-order valence-corrected chi connectivity index (χ4v) is 2.19. The van der Waals surface area contributed by atoms with Crippen LogP contribution in [0.15, 0.2) is 12.3 Å². The third-order valence-corrected chi connectivity index (χ3v) is 3.49. The van der Waals surface area contributed by atoms with Gasteiger partial charge in [0, 0.05) is 11.9 Å². The normalized spacial score (nSPS) is 12.3. The van der Waals surface area contributed by atoms with E-state index in [1.807, 2.05) is 13.2 Å². The topological polar surface area (TPSA) is 109 Å². The number of carboxylic acid groups (broad SMARTS) is 1. The molecule has 0 radical (unpaired) electrons. The summed E-state index contributed by atoms with van der Waals surface area (Å²) in [6.45, 7) is 1.81. The Morgan fingerprint density at radius 2 is 2.29 bits per heavy atom. The number of thioether (sulfide) groups is 1. The number of aromatic nitrogens is 4. The number of hydrogen-bond donors (Lipinski definition) is 2. The van der Waals surface area contributed by atoms with Gasteiger partial charge in [0.15, 0.2) is 0 Å². The average molecular weight is 309 g/mol. The quantitative estimate of drug-likeness (QED) is 0.793. The Bertz CT molecular complexity index is 672. The Labute approximate surface area is 125 Å². The molecule has 0 aromatic carbocycles. The van der Waals surface area contributed by atoms with Crippen molar-refractivity contribution in [1.82, 2.24) is 24.9 Å². The molecule has 0 aliphatic carbocycles. The zero-order chi connectivity index (χ0) is 15.4. The largest absolute Gasteiger partial charge is 0.480 e. The fraction of sp³-hybridized carbons (Fsp3) is 0.417. The zero-order valence-electron chi connectivity index (χ0n) is 11.6. The number of aryl methyl sites for hydroxylation is 1. The molecule has 0 fully saturated rings. The average Bonchev–Trinajstić information content (AvgIpc) is 2.88. The second-order valence-corrected chi connectivity index (χ2v) is 5.36. The molecule has 2 aromatic rings. The number of carboxylic acids is 1. The standard InChI is InChI=1S/C12H15N5O3S/c1-7-3-5-13-12-15-9(16-17(7)12)10(18)14-8(11(19)20)4-6-21-2/h3,5,8H,4,6H2,1-2H3,(H,14,18)(H,19,20)/t8-/m1/s1. The van der Waals surface area contributed by atoms with E-state index in [2.05, 4.69) is 20.4 Å². The first-order valence-electron chi connectivity index (χ1n) is 6.24. The van der Waals surface area contributed by atoms with Gasteiger partial charge in [-0.2, -0.15) is 16.7 Å². The third kappa shape index (κ3) is 3.48. The Morgan fingerprint density at radius 1 is 1.52 bits per heavy atom. The van der Waals surface area contributed by atoms with E-state index in [1.165, 1.54) is 16.3 Å². The summed E-state index contributed by atoms with van der Waals surface area (Å²) in [5, 5.41) is 15.6. The maximum atomic E-state index is 12.1. The number of nitrogens with one attached hydrogen (secondary N) is 1. The Balaban J connectivity index is 2.17. The molecule has 112 valence electrons. The molecule has 0 aliphatic rings. The number of carbonyl (C=O) groups excluding carboxylic acids is 1. The lowest BCUT2D eigenvalue weighted by molar-refractivity contribution is -0.139. The van der Waals surface area contributed by atoms with Gasteiger partial charge in [0.1, 0.15) is 6.04 Å². The minimum absolute atomic E-state index is 0.0906. The van der Waals surface area contributed by atoms with Crippen LogP contribution < -0.4 is 5.32 Å². The van der Waals surface area contributed by atoms with Crippen LogP contribution in [0.4, 0.5) is 0 Å². The molecule has 0 saturated heterocycles. The van der Waals surface area contributed by atoms with Crippen molar-refractivity contribution in [2.75, 3.05) is 12.0 Å². The van der Waals surface area contributed by atoms with Gasteiger partial charge in [-0.25, -0.2) is 14.3 Å². The summed E-state index contributed by atoms with van der Waals surface area (Å²) >= 11 is 1.52. The van der Waals surface area contributed by atoms with E-state index in [0.717, 1.165) is 5.69 Å². The molecule has 2 N–H and O–H groups in total. The first-order chi connectivity index (χ1) is 10.0. The summed E-state index contributed by atoms with van der Waals surface area (Å²) in [4.78, 5) is 31.2. The van der Waals surface area contributed by atoms with Crippen LogP contribution in [0.1, 0.15) is 22.7 Å². The highest BCUT2D eigenvalue weighted by Crippen LogP contribution is 2.04. The van der Waals surface area contributed by atoms with Crippen LogP contribution in [0.25, 0.3) is 5.78 Å². The van der Waals surface area contributed by atoms with Crippen LogP contribution in [-0.4, -0.2) is 54.6 Å². The maximum Gasteiger partial charge on any atom is 0.326 e. The molecule has 0 unspecified atom stereocenters. The molecule has 0 saturated carbocycles. The van der Waals surface area contributed by atoms with Crippen molar-refractivity contribution in [3.05, 3.63) is 23.8 Å². The first kappa shape index (κ1) is 15.2. The second kappa shape index (κ2) is 6.53. The van der Waals surface area contributed by atoms with Gasteiger partial charge in [-0.3, -0.25) is 4.79 Å². The van der Waals surface area contributed by atoms with E-state index in [9.17, 15) is 9.59 Å². The minimum atomic E-state index is -1.07. The molecule has 0 spiro atoms. The predicted octanol–water partition coefficient (Wildman–Crippen LogP) is 0.369. The highest BCUT2D eigenvalue weighted by atomic mass is 32.2. The van der Waals surface area contributed by atoms with Gasteiger partial charge in [-0.05, 0) is 31.4 Å². The van der Waals surface area contributed by atoms with Crippen LogP contribution in [-0.2, 0) is 4.79 Å². The number of amides is 1. The summed E-state index contributed by atoms with van der Waals surface area (Å²) in [5.74, 6) is -0.844. The number of carbonyl (C=O) groups is 2. The molecule has 8 nitrogen and oxygen atoms in total. The lowest BCUT2D eigenvalue weighted by Gasteiger charge is -2.12. The molecule has 0 aliphatic heterocycles. The van der Waals surface area contributed by atoms with Gasteiger partial charge in [-0.1, -0.05) is 0 Å². The molecule has 2 rings (SSSR count). The fourth-order valence-electron chi connectivity index (χ4n) is 1.72. The SMILES string of the molecule is CSCC[C@@H](NC(=O)c1nc2nccc(C)n2n1)C(=O)O. The summed E-state index contributed by atoms with van der Waals surface area (Å²) < 4.78 is 1.44. The predicted molar refractivity (Wildman–Crippen MR) is 77.4 cm³/mol. The van der Waals surface area contributed by atoms with E-state index < -0.39 is 17.9 Å². The van der Waals surface area contributed by atoms with Gasteiger partial charge >= 0.3 is 5.97 Å². The number of fused-ring (bicyclic) bond motifs is 1. The molecule has 21 heavy (non-hydrogen) atoms. The molecular weight excluding hydrogens is 294 g/mol. The van der Waals surface area contributed by atoms with Crippen molar-refractivity contribution < 1.29 is 14.7 Å². The lowest BCUT2D eigenvalue weighted by atomic mass is 10.2. The van der Waals surface area contributed by atoms with E-state index in [0.29, 0.717) is 18.0 Å². The molecule has 2 aromatic heterocycles. The van der Waals surface area contributed by atoms with Crippen molar-refractivity contribution in [3.8, 4) is 0 Å². The summed E-state index contributed by atoms with van der Waals surface area (Å²) in [5.41, 5.74) is 0.781. The second-order valence-electron chi connectivity index (χ2n) is 4.38. The van der Waals surface area contributed by atoms with Crippen molar-refractivity contribution in [1.29, 1.82) is 0 Å². The van der Waals surface area contributed by atoms with Gasteiger partial charge in [0.05, 0.1) is 0 Å². The number of aliphatic carboxylic acids is 1. The smallest absolute Gasteiger partial charge is 0.326 e. The van der Waals surface area contributed by atoms with Crippen LogP contribution in [0, 0.1) is 6.92 Å². The Kier molecular flexibility index (Phi) is 4.73. The number of rotatable bonds is 6. The third-order valence-electron chi connectivity index (χ3n) is 2.85. The van der Waals surface area contributed by atoms with Crippen LogP contribution in [0.3, 0.4) is 0 Å². The van der Waals surface area contributed by atoms with Gasteiger partial charge in [-0.15, -0.1) is 5.10 Å². The van der Waals surface area contributed by atoms with E-state index in [4.69, 9.17) is 5.11 Å². The summed E-state index contributed by atoms with van der Waals surface area (Å²) in [7, 11) is 0. The minimum Gasteiger partial charge on any atom is -0.480 e. The maximum absolute atomic E-state index is 12.1. The summed E-state index contributed by atoms with van der Waals surface area (Å²) in [6.07, 6.45) is 3.78. The first-order valence-corrected chi connectivity index (χ1v) is 7.63. The van der Waals surface area contributed by atoms with Gasteiger partial charge < -0.3 is 10.4 Å². The van der Waals surface area contributed by atoms with E-state index >= 15 is 0 Å². The van der Waals surface area contributed by atoms with Gasteiger partial charge in [0.2, 0.25) is 5.82 Å². The summed E-state index contributed by atoms with van der Waals surface area (Å²) in [6, 6.07) is 0.785. The molecule has 1 atom stereocenters. The molecular formula is C12H15N5O3S. The van der Waals surface area contributed by atoms with Crippen LogP contribution in [0.5, 0.6) is 0 Å². The lowest BCUT2D eigenvalue weighted by Crippen LogP contribution is -2.41. The Morgan fingerprint density at radius 3 is 2.90 bits per heavy atom. The van der Waals surface area contributed by atoms with E-state index in [-0.39, 0.29) is 5.82 Å². The van der Waals surface area contributed by atoms with Crippen LogP contribution in [0.2, 0.25) is 0 Å². The van der Waals surface area contributed by atoms with Crippen molar-refractivity contribution >= 4 is 29.4 Å². The van der Waals surface area contributed by atoms with Crippen molar-refractivity contribution in [2.24, 2.45) is 0 Å². The van der Waals surface area contributed by atoms with Crippen molar-refractivity contribution in [3.63, 3.8) is 0 Å². The molecule has 1 amide bonds. The molecule has 0 bridgehead atoms. The highest BCUT2D eigenvalue weighted by Gasteiger charge is 2.23. The highest BCUT2D eigenvalue weighted by molar-refractivity contribution is 7.98.